The molecule has 0 unspecified atom stereocenters. The van der Waals surface area contributed by atoms with Crippen molar-refractivity contribution in [2.45, 2.75) is 53.1 Å². The van der Waals surface area contributed by atoms with Crippen molar-refractivity contribution in [1.82, 2.24) is 25.6 Å². The van der Waals surface area contributed by atoms with Gasteiger partial charge in [0.05, 0.1) is 13.2 Å². The third-order valence-corrected chi connectivity index (χ3v) is 5.89. The van der Waals surface area contributed by atoms with E-state index in [2.05, 4.69) is 30.3 Å². The first-order valence-electron chi connectivity index (χ1n) is 10.7. The van der Waals surface area contributed by atoms with Crippen LogP contribution in [-0.2, 0) is 9.53 Å². The van der Waals surface area contributed by atoms with Crippen LogP contribution in [0.1, 0.15) is 83.8 Å². The van der Waals surface area contributed by atoms with E-state index in [4.69, 9.17) is 8.83 Å². The summed E-state index contributed by atoms with van der Waals surface area (Å²) < 4.78 is 15.6. The van der Waals surface area contributed by atoms with Gasteiger partial charge in [-0.3, -0.25) is 9.59 Å². The first-order chi connectivity index (χ1) is 16.1. The molecular weight excluding hydrogens is 462 g/mol. The van der Waals surface area contributed by atoms with E-state index in [1.165, 1.54) is 18.4 Å². The van der Waals surface area contributed by atoms with Crippen LogP contribution in [-0.4, -0.2) is 39.8 Å². The summed E-state index contributed by atoms with van der Waals surface area (Å²) in [7, 11) is 1.24. The number of oxazole rings is 2. The number of aromatic nitrogens is 3. The smallest absolute Gasteiger partial charge is 0.360 e. The largest absolute Gasteiger partial charge is 0.464 e. The summed E-state index contributed by atoms with van der Waals surface area (Å²) in [6, 6.07) is -0.869. The Morgan fingerprint density at radius 3 is 2.53 bits per heavy atom. The van der Waals surface area contributed by atoms with Crippen molar-refractivity contribution in [2.24, 2.45) is 5.92 Å². The number of methoxy groups -OCH3 is 1. The lowest BCUT2D eigenvalue weighted by molar-refractivity contribution is -0.121. The Morgan fingerprint density at radius 2 is 1.88 bits per heavy atom. The second-order valence-electron chi connectivity index (χ2n) is 7.90. The molecule has 2 amide bonds. The van der Waals surface area contributed by atoms with Gasteiger partial charge in [-0.2, -0.15) is 0 Å². The first kappa shape index (κ1) is 25.1. The minimum Gasteiger partial charge on any atom is -0.464 e. The molecular formula is C22H27N5O6S. The van der Waals surface area contributed by atoms with Gasteiger partial charge in [0.2, 0.25) is 17.7 Å². The lowest BCUT2D eigenvalue weighted by Gasteiger charge is -2.19. The molecule has 0 radical (unpaired) electrons. The van der Waals surface area contributed by atoms with Crippen molar-refractivity contribution in [3.63, 3.8) is 0 Å². The van der Waals surface area contributed by atoms with Crippen LogP contribution in [0.3, 0.4) is 0 Å². The van der Waals surface area contributed by atoms with E-state index in [-0.39, 0.29) is 41.0 Å². The number of amides is 2. The van der Waals surface area contributed by atoms with Crippen LogP contribution in [0.25, 0.3) is 11.6 Å². The summed E-state index contributed by atoms with van der Waals surface area (Å²) >= 11 is 1.39. The Labute approximate surface area is 200 Å². The Morgan fingerprint density at radius 1 is 1.15 bits per heavy atom. The van der Waals surface area contributed by atoms with Gasteiger partial charge < -0.3 is 24.2 Å². The van der Waals surface area contributed by atoms with Crippen LogP contribution in [0.15, 0.2) is 20.5 Å². The number of rotatable bonds is 9. The zero-order chi connectivity index (χ0) is 25.0. The van der Waals surface area contributed by atoms with Crippen LogP contribution in [0.2, 0.25) is 0 Å². The van der Waals surface area contributed by atoms with Gasteiger partial charge in [0, 0.05) is 11.8 Å². The van der Waals surface area contributed by atoms with Gasteiger partial charge in [0.1, 0.15) is 28.8 Å². The molecule has 0 saturated carbocycles. The highest BCUT2D eigenvalue weighted by Crippen LogP contribution is 2.30. The van der Waals surface area contributed by atoms with Gasteiger partial charge in [0.15, 0.2) is 11.4 Å². The number of carbonyl (C=O) groups is 3. The number of nitrogens with zero attached hydrogens (tertiary/aromatic N) is 3. The topological polar surface area (TPSA) is 149 Å². The Hall–Kier alpha value is -3.54. The number of carbonyl (C=O) groups excluding carboxylic acids is 3. The Bertz CT molecular complexity index is 1180. The molecule has 3 aromatic heterocycles. The number of aryl methyl sites for hydroxylation is 1. The molecule has 34 heavy (non-hydrogen) atoms. The molecule has 0 aliphatic carbocycles. The highest BCUT2D eigenvalue weighted by molar-refractivity contribution is 7.10. The average molecular weight is 490 g/mol. The molecule has 0 aromatic carbocycles. The molecule has 0 fully saturated rings. The van der Waals surface area contributed by atoms with Gasteiger partial charge in [-0.25, -0.2) is 19.7 Å². The van der Waals surface area contributed by atoms with Gasteiger partial charge in [0.25, 0.3) is 5.91 Å². The van der Waals surface area contributed by atoms with E-state index in [1.807, 2.05) is 13.8 Å². The maximum absolute atomic E-state index is 12.8. The number of nitrogens with one attached hydrogen (secondary N) is 2. The molecule has 11 nitrogen and oxygen atoms in total. The summed E-state index contributed by atoms with van der Waals surface area (Å²) in [6.07, 6.45) is 1.55. The third-order valence-electron chi connectivity index (χ3n) is 4.96. The van der Waals surface area contributed by atoms with Gasteiger partial charge in [-0.1, -0.05) is 20.8 Å². The van der Waals surface area contributed by atoms with Gasteiger partial charge in [-0.05, 0) is 19.8 Å². The first-order valence-corrected chi connectivity index (χ1v) is 11.6. The Balaban J connectivity index is 1.75. The molecule has 0 spiro atoms. The fourth-order valence-electron chi connectivity index (χ4n) is 3.05. The van der Waals surface area contributed by atoms with Crippen LogP contribution >= 0.6 is 11.3 Å². The number of hydrogen-bond donors (Lipinski definition) is 2. The van der Waals surface area contributed by atoms with Crippen molar-refractivity contribution < 1.29 is 28.0 Å². The number of hydrogen-bond acceptors (Lipinski definition) is 10. The standard InChI is InChI=1S/C22H27N5O6S/c1-7-15(28)26-16(10(2)3)21-25-14(9-34-21)20-27-17(12(5)33-20)18(29)23-11(4)19-24-13(8-32-19)22(30)31-6/h8-11,16H,7H2,1-6H3,(H,23,29)(H,26,28)/t11-,16-/m0/s1. The molecule has 0 saturated heterocycles. The van der Waals surface area contributed by atoms with Gasteiger partial charge >= 0.3 is 5.97 Å². The van der Waals surface area contributed by atoms with E-state index in [0.29, 0.717) is 17.9 Å². The monoisotopic (exact) mass is 489 g/mol. The number of thiazole rings is 1. The predicted octanol–water partition coefficient (Wildman–Crippen LogP) is 3.60. The molecule has 3 aromatic rings. The average Bonchev–Trinajstić information content (AvgIpc) is 3.55. The van der Waals surface area contributed by atoms with E-state index in [9.17, 15) is 14.4 Å². The van der Waals surface area contributed by atoms with Crippen molar-refractivity contribution >= 4 is 29.1 Å². The number of esters is 1. The van der Waals surface area contributed by atoms with Crippen LogP contribution in [0, 0.1) is 12.8 Å². The molecule has 0 aliphatic rings. The van der Waals surface area contributed by atoms with E-state index < -0.39 is 17.9 Å². The minimum absolute atomic E-state index is 0.00710. The summed E-state index contributed by atoms with van der Waals surface area (Å²) in [6.45, 7) is 9.08. The van der Waals surface area contributed by atoms with Crippen molar-refractivity contribution in [3.05, 3.63) is 39.7 Å². The van der Waals surface area contributed by atoms with E-state index in [0.717, 1.165) is 11.3 Å². The van der Waals surface area contributed by atoms with Crippen LogP contribution in [0.4, 0.5) is 0 Å². The summed E-state index contributed by atoms with van der Waals surface area (Å²) in [5.74, 6) is -0.389. The molecule has 3 heterocycles. The van der Waals surface area contributed by atoms with Crippen molar-refractivity contribution in [1.29, 1.82) is 0 Å². The summed E-state index contributed by atoms with van der Waals surface area (Å²) in [5.41, 5.74) is 0.575. The second kappa shape index (κ2) is 10.6. The second-order valence-corrected chi connectivity index (χ2v) is 8.78. The molecule has 3 rings (SSSR count). The molecule has 2 atom stereocenters. The van der Waals surface area contributed by atoms with Crippen LogP contribution in [0.5, 0.6) is 0 Å². The zero-order valence-electron chi connectivity index (χ0n) is 19.8. The molecule has 12 heteroatoms. The van der Waals surface area contributed by atoms with Crippen molar-refractivity contribution in [2.75, 3.05) is 7.11 Å². The Kier molecular flexibility index (Phi) is 7.82. The molecule has 2 N–H and O–H groups in total. The van der Waals surface area contributed by atoms with E-state index in [1.54, 1.807) is 26.2 Å². The number of ether oxygens (including phenoxy) is 1. The molecule has 0 aliphatic heterocycles. The fraction of sp³-hybridized carbons (Fsp3) is 0.455. The molecule has 182 valence electrons. The van der Waals surface area contributed by atoms with E-state index >= 15 is 0 Å². The minimum atomic E-state index is -0.637. The quantitative estimate of drug-likeness (QED) is 0.430. The maximum atomic E-state index is 12.8. The fourth-order valence-corrected chi connectivity index (χ4v) is 4.06. The third kappa shape index (κ3) is 5.50. The lowest BCUT2D eigenvalue weighted by Crippen LogP contribution is -2.31. The maximum Gasteiger partial charge on any atom is 0.360 e. The highest BCUT2D eigenvalue weighted by atomic mass is 32.1. The van der Waals surface area contributed by atoms with Crippen molar-refractivity contribution in [3.8, 4) is 11.6 Å². The zero-order valence-corrected chi connectivity index (χ0v) is 20.6. The highest BCUT2D eigenvalue weighted by Gasteiger charge is 2.26. The molecule has 0 bridgehead atoms. The summed E-state index contributed by atoms with van der Waals surface area (Å²) in [4.78, 5) is 49.2. The predicted molar refractivity (Wildman–Crippen MR) is 122 cm³/mol. The van der Waals surface area contributed by atoms with Gasteiger partial charge in [-0.15, -0.1) is 11.3 Å². The lowest BCUT2D eigenvalue weighted by atomic mass is 10.1. The summed E-state index contributed by atoms with van der Waals surface area (Å²) in [5, 5.41) is 8.21. The SMILES string of the molecule is CCC(=O)N[C@H](c1nc(-c2nc(C(=O)N[C@@H](C)c3nc(C(=O)OC)co3)c(C)o2)cs1)C(C)C. The normalized spacial score (nSPS) is 12.9. The van der Waals surface area contributed by atoms with Crippen LogP contribution < -0.4 is 10.6 Å².